The van der Waals surface area contributed by atoms with E-state index in [1.807, 2.05) is 49.4 Å². The summed E-state index contributed by atoms with van der Waals surface area (Å²) in [5.74, 6) is -0.664. The first-order valence-corrected chi connectivity index (χ1v) is 8.20. The number of hydrogen-bond acceptors (Lipinski definition) is 3. The quantitative estimate of drug-likeness (QED) is 0.710. The summed E-state index contributed by atoms with van der Waals surface area (Å²) < 4.78 is 0. The van der Waals surface area contributed by atoms with E-state index in [2.05, 4.69) is 16.0 Å². The zero-order chi connectivity index (χ0) is 18.2. The molecule has 0 spiro atoms. The van der Waals surface area contributed by atoms with Crippen LogP contribution in [0.1, 0.15) is 24.2 Å². The summed E-state index contributed by atoms with van der Waals surface area (Å²) in [6.07, 6.45) is 0. The zero-order valence-corrected chi connectivity index (χ0v) is 14.7. The molecule has 0 aromatic heterocycles. The third-order valence-electron chi connectivity index (χ3n) is 3.76. The summed E-state index contributed by atoms with van der Waals surface area (Å²) >= 11 is 0. The second kappa shape index (κ2) is 8.68. The summed E-state index contributed by atoms with van der Waals surface area (Å²) in [6.45, 7) is 4.34. The van der Waals surface area contributed by atoms with Crippen LogP contribution in [0.4, 0.5) is 0 Å². The van der Waals surface area contributed by atoms with Crippen molar-refractivity contribution in [3.63, 3.8) is 0 Å². The van der Waals surface area contributed by atoms with Crippen molar-refractivity contribution >= 4 is 11.8 Å². The standard InChI is InChI=1S/C20H23N3O2/c1-4-22-14(2)18(20(25)21-3)23-19(24)17-12-10-16(11-13-17)15-8-6-5-7-9-15/h5-13,22H,4H2,1-3H3,(H,21,25)(H,23,24)/b18-14+. The van der Waals surface area contributed by atoms with E-state index in [9.17, 15) is 9.59 Å². The van der Waals surface area contributed by atoms with E-state index in [4.69, 9.17) is 0 Å². The maximum absolute atomic E-state index is 12.5. The van der Waals surface area contributed by atoms with Crippen LogP contribution in [-0.2, 0) is 4.79 Å². The number of likely N-dealkylation sites (N-methyl/N-ethyl adjacent to an activating group) is 1. The van der Waals surface area contributed by atoms with E-state index >= 15 is 0 Å². The molecule has 0 saturated carbocycles. The molecular weight excluding hydrogens is 314 g/mol. The summed E-state index contributed by atoms with van der Waals surface area (Å²) in [6, 6.07) is 17.2. The molecule has 0 radical (unpaired) electrons. The molecule has 5 nitrogen and oxygen atoms in total. The second-order valence-electron chi connectivity index (χ2n) is 5.51. The predicted octanol–water partition coefficient (Wildman–Crippen LogP) is 2.67. The van der Waals surface area contributed by atoms with Crippen LogP contribution in [0, 0.1) is 0 Å². The van der Waals surface area contributed by atoms with Gasteiger partial charge in [0.1, 0.15) is 5.70 Å². The minimum absolute atomic E-state index is 0.224. The van der Waals surface area contributed by atoms with Gasteiger partial charge in [0.15, 0.2) is 0 Å². The molecule has 0 fully saturated rings. The topological polar surface area (TPSA) is 70.2 Å². The van der Waals surface area contributed by atoms with E-state index in [0.29, 0.717) is 17.8 Å². The van der Waals surface area contributed by atoms with Crippen LogP contribution < -0.4 is 16.0 Å². The van der Waals surface area contributed by atoms with Gasteiger partial charge in [0.25, 0.3) is 11.8 Å². The molecule has 0 atom stereocenters. The van der Waals surface area contributed by atoms with Crippen molar-refractivity contribution in [1.29, 1.82) is 0 Å². The van der Waals surface area contributed by atoms with E-state index in [-0.39, 0.29) is 17.5 Å². The van der Waals surface area contributed by atoms with Crippen LogP contribution in [0.5, 0.6) is 0 Å². The molecule has 130 valence electrons. The fraction of sp³-hybridized carbons (Fsp3) is 0.200. The summed E-state index contributed by atoms with van der Waals surface area (Å²) in [4.78, 5) is 24.5. The van der Waals surface area contributed by atoms with Crippen LogP contribution in [0.15, 0.2) is 66.0 Å². The monoisotopic (exact) mass is 337 g/mol. The van der Waals surface area contributed by atoms with Gasteiger partial charge >= 0.3 is 0 Å². The molecule has 2 aromatic rings. The Morgan fingerprint density at radius 3 is 2.08 bits per heavy atom. The summed E-state index contributed by atoms with van der Waals surface area (Å²) in [5.41, 5.74) is 3.45. The molecule has 2 rings (SSSR count). The van der Waals surface area contributed by atoms with Crippen LogP contribution in [0.25, 0.3) is 11.1 Å². The van der Waals surface area contributed by atoms with Gasteiger partial charge in [0.05, 0.1) is 0 Å². The third kappa shape index (κ3) is 4.70. The number of benzene rings is 2. The van der Waals surface area contributed by atoms with Crippen molar-refractivity contribution in [3.05, 3.63) is 71.6 Å². The maximum Gasteiger partial charge on any atom is 0.269 e. The lowest BCUT2D eigenvalue weighted by molar-refractivity contribution is -0.117. The first kappa shape index (κ1) is 18.3. The number of carbonyl (C=O) groups excluding carboxylic acids is 2. The minimum Gasteiger partial charge on any atom is -0.387 e. The first-order valence-electron chi connectivity index (χ1n) is 8.20. The largest absolute Gasteiger partial charge is 0.387 e. The molecule has 3 N–H and O–H groups in total. The normalized spacial score (nSPS) is 11.3. The molecule has 25 heavy (non-hydrogen) atoms. The van der Waals surface area contributed by atoms with Crippen molar-refractivity contribution in [3.8, 4) is 11.1 Å². The Hall–Kier alpha value is -3.08. The third-order valence-corrected chi connectivity index (χ3v) is 3.76. The van der Waals surface area contributed by atoms with E-state index in [1.165, 1.54) is 7.05 Å². The Kier molecular flexibility index (Phi) is 6.34. The van der Waals surface area contributed by atoms with Crippen molar-refractivity contribution in [2.24, 2.45) is 0 Å². The smallest absolute Gasteiger partial charge is 0.269 e. The van der Waals surface area contributed by atoms with Crippen LogP contribution >= 0.6 is 0 Å². The molecule has 0 aliphatic heterocycles. The number of hydrogen-bond donors (Lipinski definition) is 3. The number of carbonyl (C=O) groups is 2. The predicted molar refractivity (Wildman–Crippen MR) is 99.8 cm³/mol. The lowest BCUT2D eigenvalue weighted by Crippen LogP contribution is -2.36. The summed E-state index contributed by atoms with van der Waals surface area (Å²) in [7, 11) is 1.53. The van der Waals surface area contributed by atoms with Gasteiger partial charge < -0.3 is 16.0 Å². The van der Waals surface area contributed by atoms with Crippen LogP contribution in [0.3, 0.4) is 0 Å². The summed E-state index contributed by atoms with van der Waals surface area (Å²) in [5, 5.41) is 8.29. The fourth-order valence-electron chi connectivity index (χ4n) is 2.43. The first-order chi connectivity index (χ1) is 12.1. The average Bonchev–Trinajstić information content (AvgIpc) is 2.66. The lowest BCUT2D eigenvalue weighted by Gasteiger charge is -2.13. The highest BCUT2D eigenvalue weighted by Gasteiger charge is 2.16. The highest BCUT2D eigenvalue weighted by atomic mass is 16.2. The average molecular weight is 337 g/mol. The van der Waals surface area contributed by atoms with Crippen molar-refractivity contribution < 1.29 is 9.59 Å². The number of amides is 2. The number of nitrogens with one attached hydrogen (secondary N) is 3. The Morgan fingerprint density at radius 2 is 1.52 bits per heavy atom. The number of rotatable bonds is 6. The van der Waals surface area contributed by atoms with Crippen molar-refractivity contribution in [2.45, 2.75) is 13.8 Å². The Bertz CT molecular complexity index is 765. The molecule has 0 aliphatic carbocycles. The van der Waals surface area contributed by atoms with E-state index in [1.54, 1.807) is 19.1 Å². The van der Waals surface area contributed by atoms with Gasteiger partial charge in [-0.1, -0.05) is 42.5 Å². The molecule has 5 heteroatoms. The molecule has 0 bridgehead atoms. The fourth-order valence-corrected chi connectivity index (χ4v) is 2.43. The van der Waals surface area contributed by atoms with Gasteiger partial charge in [0.2, 0.25) is 0 Å². The van der Waals surface area contributed by atoms with Gasteiger partial charge in [-0.15, -0.1) is 0 Å². The van der Waals surface area contributed by atoms with Gasteiger partial charge in [0, 0.05) is 24.9 Å². The van der Waals surface area contributed by atoms with Crippen molar-refractivity contribution in [2.75, 3.05) is 13.6 Å². The highest BCUT2D eigenvalue weighted by Crippen LogP contribution is 2.19. The van der Waals surface area contributed by atoms with E-state index in [0.717, 1.165) is 11.1 Å². The lowest BCUT2D eigenvalue weighted by atomic mass is 10.0. The van der Waals surface area contributed by atoms with Gasteiger partial charge in [-0.25, -0.2) is 0 Å². The maximum atomic E-state index is 12.5. The molecular formula is C20H23N3O2. The Labute approximate surface area is 148 Å². The van der Waals surface area contributed by atoms with Crippen LogP contribution in [0.2, 0.25) is 0 Å². The van der Waals surface area contributed by atoms with Crippen LogP contribution in [-0.4, -0.2) is 25.4 Å². The zero-order valence-electron chi connectivity index (χ0n) is 14.7. The minimum atomic E-state index is -0.340. The molecule has 2 amide bonds. The SMILES string of the molecule is CCN/C(C)=C(/NC(=O)c1ccc(-c2ccccc2)cc1)C(=O)NC. The Morgan fingerprint density at radius 1 is 0.920 bits per heavy atom. The van der Waals surface area contributed by atoms with Gasteiger partial charge in [-0.3, -0.25) is 9.59 Å². The second-order valence-corrected chi connectivity index (χ2v) is 5.51. The molecule has 0 heterocycles. The van der Waals surface area contributed by atoms with Gasteiger partial charge in [-0.2, -0.15) is 0 Å². The number of allylic oxidation sites excluding steroid dienone is 1. The molecule has 2 aromatic carbocycles. The highest BCUT2D eigenvalue weighted by molar-refractivity contribution is 6.03. The molecule has 0 aliphatic rings. The molecule has 0 unspecified atom stereocenters. The van der Waals surface area contributed by atoms with Gasteiger partial charge in [-0.05, 0) is 37.1 Å². The Balaban J connectivity index is 2.19. The van der Waals surface area contributed by atoms with E-state index < -0.39 is 0 Å². The molecule has 0 saturated heterocycles. The van der Waals surface area contributed by atoms with Crippen molar-refractivity contribution in [1.82, 2.24) is 16.0 Å².